The third-order valence-electron chi connectivity index (χ3n) is 4.91. The van der Waals surface area contributed by atoms with Crippen LogP contribution in [0, 0.1) is 0 Å². The van der Waals surface area contributed by atoms with Crippen LogP contribution < -0.4 is 4.90 Å². The van der Waals surface area contributed by atoms with Crippen LogP contribution in [0.5, 0.6) is 0 Å². The first kappa shape index (κ1) is 17.8. The minimum absolute atomic E-state index is 0.139. The lowest BCUT2D eigenvalue weighted by molar-refractivity contribution is 0.0257. The zero-order valence-corrected chi connectivity index (χ0v) is 15.8. The van der Waals surface area contributed by atoms with Crippen LogP contribution >= 0.6 is 0 Å². The molecule has 0 atom stereocenters. The number of benzene rings is 1. The second-order valence-electron chi connectivity index (χ2n) is 8.21. The Balaban J connectivity index is 1.83. The molecule has 27 heavy (non-hydrogen) atoms. The molecule has 0 aliphatic carbocycles. The van der Waals surface area contributed by atoms with E-state index in [0.29, 0.717) is 29.9 Å². The molecule has 5 nitrogen and oxygen atoms in total. The molecule has 1 fully saturated rings. The van der Waals surface area contributed by atoms with Crippen LogP contribution in [0.2, 0.25) is 0 Å². The van der Waals surface area contributed by atoms with Crippen LogP contribution in [0.4, 0.5) is 14.5 Å². The van der Waals surface area contributed by atoms with Gasteiger partial charge in [0.15, 0.2) is 11.2 Å². The van der Waals surface area contributed by atoms with Crippen LogP contribution in [0.25, 0.3) is 11.2 Å². The van der Waals surface area contributed by atoms with Gasteiger partial charge in [0, 0.05) is 18.4 Å². The van der Waals surface area contributed by atoms with Gasteiger partial charge < -0.3 is 4.90 Å². The number of hydrogen-bond donors (Lipinski definition) is 0. The molecular weight excluding hydrogens is 348 g/mol. The van der Waals surface area contributed by atoms with Gasteiger partial charge in [0.25, 0.3) is 5.92 Å². The van der Waals surface area contributed by atoms with Gasteiger partial charge in [0.05, 0.1) is 24.5 Å². The predicted octanol–water partition coefficient (Wildman–Crippen LogP) is 4.02. The molecule has 1 aliphatic rings. The van der Waals surface area contributed by atoms with Gasteiger partial charge in [-0.25, -0.2) is 18.4 Å². The van der Waals surface area contributed by atoms with E-state index in [4.69, 9.17) is 4.98 Å². The van der Waals surface area contributed by atoms with E-state index in [2.05, 4.69) is 31.1 Å². The predicted molar refractivity (Wildman–Crippen MR) is 101 cm³/mol. The highest BCUT2D eigenvalue weighted by atomic mass is 19.3. The molecule has 0 saturated carbocycles. The fourth-order valence-electron chi connectivity index (χ4n) is 3.36. The molecule has 2 aromatic heterocycles. The van der Waals surface area contributed by atoms with E-state index in [1.165, 1.54) is 0 Å². The smallest absolute Gasteiger partial charge is 0.266 e. The fraction of sp³-hybridized carbons (Fsp3) is 0.450. The fourth-order valence-corrected chi connectivity index (χ4v) is 3.36. The van der Waals surface area contributed by atoms with Gasteiger partial charge in [0.1, 0.15) is 0 Å². The Morgan fingerprint density at radius 2 is 1.89 bits per heavy atom. The van der Waals surface area contributed by atoms with E-state index in [1.54, 1.807) is 9.58 Å². The maximum atomic E-state index is 13.8. The zero-order chi connectivity index (χ0) is 19.2. The van der Waals surface area contributed by atoms with Gasteiger partial charge in [0.2, 0.25) is 0 Å². The third-order valence-corrected chi connectivity index (χ3v) is 4.91. The summed E-state index contributed by atoms with van der Waals surface area (Å²) in [6.07, 6.45) is -0.139. The van der Waals surface area contributed by atoms with Crippen molar-refractivity contribution >= 4 is 16.9 Å². The van der Waals surface area contributed by atoms with Crippen LogP contribution in [-0.2, 0) is 12.0 Å². The largest absolute Gasteiger partial charge is 0.363 e. The molecule has 0 radical (unpaired) electrons. The summed E-state index contributed by atoms with van der Waals surface area (Å²) in [6, 6.07) is 11.8. The minimum atomic E-state index is -2.67. The quantitative estimate of drug-likeness (QED) is 0.698. The SMILES string of the molecule is CC(C)(C)c1cc(N2CCC(F)(F)C2)c2nnn(Cc3ccccc3)c2n1. The van der Waals surface area contributed by atoms with E-state index in [-0.39, 0.29) is 18.4 Å². The Kier molecular flexibility index (Phi) is 4.13. The second-order valence-corrected chi connectivity index (χ2v) is 8.21. The molecule has 4 rings (SSSR count). The van der Waals surface area contributed by atoms with Crippen molar-refractivity contribution in [2.24, 2.45) is 0 Å². The summed E-state index contributed by atoms with van der Waals surface area (Å²) < 4.78 is 29.4. The highest BCUT2D eigenvalue weighted by molar-refractivity contribution is 5.86. The Morgan fingerprint density at radius 1 is 1.15 bits per heavy atom. The summed E-state index contributed by atoms with van der Waals surface area (Å²) >= 11 is 0. The highest BCUT2D eigenvalue weighted by Crippen LogP contribution is 2.36. The van der Waals surface area contributed by atoms with Crippen LogP contribution in [-0.4, -0.2) is 39.0 Å². The van der Waals surface area contributed by atoms with Crippen molar-refractivity contribution in [3.8, 4) is 0 Å². The number of nitrogens with zero attached hydrogens (tertiary/aromatic N) is 5. The van der Waals surface area contributed by atoms with E-state index >= 15 is 0 Å². The number of fused-ring (bicyclic) bond motifs is 1. The average molecular weight is 371 g/mol. The van der Waals surface area contributed by atoms with E-state index < -0.39 is 5.92 Å². The molecule has 3 aromatic rings. The number of aromatic nitrogens is 4. The number of halogens is 2. The monoisotopic (exact) mass is 371 g/mol. The van der Waals surface area contributed by atoms with Crippen LogP contribution in [0.1, 0.15) is 38.4 Å². The van der Waals surface area contributed by atoms with Gasteiger partial charge in [-0.3, -0.25) is 0 Å². The summed E-state index contributed by atoms with van der Waals surface area (Å²) in [7, 11) is 0. The Morgan fingerprint density at radius 3 is 2.52 bits per heavy atom. The topological polar surface area (TPSA) is 46.8 Å². The van der Waals surface area contributed by atoms with Gasteiger partial charge in [-0.15, -0.1) is 5.10 Å². The standard InChI is InChI=1S/C20H23F2N5/c1-19(2,3)16-11-15(26-10-9-20(21,22)13-26)17-18(23-16)27(25-24-17)12-14-7-5-4-6-8-14/h4-8,11H,9-10,12-13H2,1-3H3. The number of alkyl halides is 2. The molecule has 1 aromatic carbocycles. The van der Waals surface area contributed by atoms with E-state index in [0.717, 1.165) is 11.3 Å². The van der Waals surface area contributed by atoms with E-state index in [1.807, 2.05) is 36.4 Å². The summed E-state index contributed by atoms with van der Waals surface area (Å²) in [4.78, 5) is 6.50. The zero-order valence-electron chi connectivity index (χ0n) is 15.8. The maximum Gasteiger partial charge on any atom is 0.266 e. The van der Waals surface area contributed by atoms with Crippen molar-refractivity contribution in [1.82, 2.24) is 20.0 Å². The highest BCUT2D eigenvalue weighted by Gasteiger charge is 2.39. The van der Waals surface area contributed by atoms with Crippen molar-refractivity contribution in [3.63, 3.8) is 0 Å². The molecule has 0 spiro atoms. The number of anilines is 1. The summed E-state index contributed by atoms with van der Waals surface area (Å²) in [6.45, 7) is 6.74. The lowest BCUT2D eigenvalue weighted by Crippen LogP contribution is -2.26. The summed E-state index contributed by atoms with van der Waals surface area (Å²) in [5.41, 5.74) is 3.63. The molecule has 0 bridgehead atoms. The first-order valence-electron chi connectivity index (χ1n) is 9.14. The van der Waals surface area contributed by atoms with Crippen molar-refractivity contribution in [2.45, 2.75) is 45.1 Å². The van der Waals surface area contributed by atoms with Crippen molar-refractivity contribution in [3.05, 3.63) is 47.7 Å². The average Bonchev–Trinajstić information content (AvgIpc) is 3.17. The van der Waals surface area contributed by atoms with Gasteiger partial charge in [-0.05, 0) is 11.6 Å². The van der Waals surface area contributed by atoms with Crippen LogP contribution in [0.3, 0.4) is 0 Å². The molecule has 1 saturated heterocycles. The number of hydrogen-bond acceptors (Lipinski definition) is 4. The molecule has 142 valence electrons. The second kappa shape index (κ2) is 6.25. The molecule has 0 N–H and O–H groups in total. The summed E-state index contributed by atoms with van der Waals surface area (Å²) in [5.74, 6) is -2.67. The Hall–Kier alpha value is -2.57. The Labute approximate surface area is 157 Å². The van der Waals surface area contributed by atoms with Gasteiger partial charge >= 0.3 is 0 Å². The molecule has 0 amide bonds. The van der Waals surface area contributed by atoms with Gasteiger partial charge in [-0.1, -0.05) is 56.3 Å². The molecule has 0 unspecified atom stereocenters. The number of pyridine rings is 1. The molecule has 3 heterocycles. The first-order chi connectivity index (χ1) is 12.7. The maximum absolute atomic E-state index is 13.8. The van der Waals surface area contributed by atoms with E-state index in [9.17, 15) is 8.78 Å². The molecule has 1 aliphatic heterocycles. The normalized spacial score (nSPS) is 17.0. The van der Waals surface area contributed by atoms with Gasteiger partial charge in [-0.2, -0.15) is 0 Å². The van der Waals surface area contributed by atoms with Crippen LogP contribution in [0.15, 0.2) is 36.4 Å². The molecular formula is C20H23F2N5. The lowest BCUT2D eigenvalue weighted by atomic mass is 9.91. The molecule has 7 heteroatoms. The van der Waals surface area contributed by atoms with Crippen molar-refractivity contribution in [1.29, 1.82) is 0 Å². The summed E-state index contributed by atoms with van der Waals surface area (Å²) in [5, 5.41) is 8.57. The third kappa shape index (κ3) is 3.50. The van der Waals surface area contributed by atoms with Crippen molar-refractivity contribution < 1.29 is 8.78 Å². The lowest BCUT2D eigenvalue weighted by Gasteiger charge is -2.23. The first-order valence-corrected chi connectivity index (χ1v) is 9.14. The minimum Gasteiger partial charge on any atom is -0.363 e. The number of rotatable bonds is 3. The van der Waals surface area contributed by atoms with Crippen molar-refractivity contribution in [2.75, 3.05) is 18.0 Å². The Bertz CT molecular complexity index is 960.